The number of nitrogens with one attached hydrogen (secondary N) is 1. The van der Waals surface area contributed by atoms with Crippen molar-refractivity contribution in [1.29, 1.82) is 0 Å². The van der Waals surface area contributed by atoms with Crippen LogP contribution in [0.15, 0.2) is 18.2 Å². The molecule has 0 aliphatic rings. The van der Waals surface area contributed by atoms with E-state index in [4.69, 9.17) is 5.11 Å². The van der Waals surface area contributed by atoms with Crippen molar-refractivity contribution in [2.45, 2.75) is 6.54 Å². The van der Waals surface area contributed by atoms with Crippen LogP contribution in [0.2, 0.25) is 0 Å². The van der Waals surface area contributed by atoms with Crippen molar-refractivity contribution in [2.24, 2.45) is 0 Å². The molecular formula is C10H15NO2S. The molecule has 4 heteroatoms. The predicted octanol–water partition coefficient (Wildman–Crippen LogP) is 1.55. The van der Waals surface area contributed by atoms with Gasteiger partial charge in [-0.2, -0.15) is 11.8 Å². The van der Waals surface area contributed by atoms with Crippen LogP contribution in [0, 0.1) is 0 Å². The molecule has 0 spiro atoms. The summed E-state index contributed by atoms with van der Waals surface area (Å²) in [6.45, 7) is 1.66. The lowest BCUT2D eigenvalue weighted by Crippen LogP contribution is -2.16. The van der Waals surface area contributed by atoms with Crippen molar-refractivity contribution >= 4 is 11.8 Å². The average molecular weight is 213 g/mol. The van der Waals surface area contributed by atoms with E-state index < -0.39 is 0 Å². The molecule has 0 heterocycles. The summed E-state index contributed by atoms with van der Waals surface area (Å²) in [5.41, 5.74) is 0.974. The molecule has 0 bridgehead atoms. The highest BCUT2D eigenvalue weighted by Crippen LogP contribution is 2.24. The first-order valence-electron chi connectivity index (χ1n) is 4.44. The van der Waals surface area contributed by atoms with Gasteiger partial charge in [0.05, 0.1) is 0 Å². The van der Waals surface area contributed by atoms with E-state index in [0.717, 1.165) is 17.9 Å². The zero-order valence-electron chi connectivity index (χ0n) is 8.16. The second-order valence-electron chi connectivity index (χ2n) is 2.99. The first-order valence-corrected chi connectivity index (χ1v) is 5.84. The van der Waals surface area contributed by atoms with Gasteiger partial charge in [0.25, 0.3) is 0 Å². The number of benzene rings is 1. The molecule has 0 radical (unpaired) electrons. The van der Waals surface area contributed by atoms with Crippen LogP contribution < -0.4 is 5.32 Å². The summed E-state index contributed by atoms with van der Waals surface area (Å²) in [7, 11) is 0. The summed E-state index contributed by atoms with van der Waals surface area (Å²) in [6, 6.07) is 4.86. The Bertz CT molecular complexity index is 291. The van der Waals surface area contributed by atoms with E-state index in [0.29, 0.717) is 6.54 Å². The smallest absolute Gasteiger partial charge is 0.157 e. The normalized spacial score (nSPS) is 10.4. The average Bonchev–Trinajstić information content (AvgIpc) is 2.18. The van der Waals surface area contributed by atoms with Crippen LogP contribution in [-0.4, -0.2) is 28.8 Å². The largest absolute Gasteiger partial charge is 0.504 e. The fourth-order valence-electron chi connectivity index (χ4n) is 1.09. The maximum atomic E-state index is 9.22. The van der Waals surface area contributed by atoms with Gasteiger partial charge in [-0.3, -0.25) is 0 Å². The van der Waals surface area contributed by atoms with Gasteiger partial charge in [-0.05, 0) is 24.0 Å². The summed E-state index contributed by atoms with van der Waals surface area (Å²) < 4.78 is 0. The van der Waals surface area contributed by atoms with E-state index in [1.165, 1.54) is 6.07 Å². The highest BCUT2D eigenvalue weighted by Gasteiger charge is 1.99. The summed E-state index contributed by atoms with van der Waals surface area (Å²) in [5, 5.41) is 21.5. The van der Waals surface area contributed by atoms with Gasteiger partial charge >= 0.3 is 0 Å². The SMILES string of the molecule is CSCCNCc1ccc(O)c(O)c1. The summed E-state index contributed by atoms with van der Waals surface area (Å²) in [5.74, 6) is 0.941. The Morgan fingerprint density at radius 3 is 2.71 bits per heavy atom. The van der Waals surface area contributed by atoms with E-state index in [-0.39, 0.29) is 11.5 Å². The number of phenols is 2. The fraction of sp³-hybridized carbons (Fsp3) is 0.400. The van der Waals surface area contributed by atoms with Gasteiger partial charge in [0, 0.05) is 18.8 Å². The molecule has 0 aromatic heterocycles. The minimum Gasteiger partial charge on any atom is -0.504 e. The van der Waals surface area contributed by atoms with Crippen molar-refractivity contribution in [3.05, 3.63) is 23.8 Å². The van der Waals surface area contributed by atoms with Crippen LogP contribution in [0.3, 0.4) is 0 Å². The Morgan fingerprint density at radius 1 is 1.29 bits per heavy atom. The number of hydrogen-bond acceptors (Lipinski definition) is 4. The van der Waals surface area contributed by atoms with Crippen molar-refractivity contribution in [1.82, 2.24) is 5.32 Å². The fourth-order valence-corrected chi connectivity index (χ4v) is 1.43. The molecule has 0 amide bonds. The lowest BCUT2D eigenvalue weighted by molar-refractivity contribution is 0.403. The van der Waals surface area contributed by atoms with Gasteiger partial charge in [-0.25, -0.2) is 0 Å². The third kappa shape index (κ3) is 3.47. The zero-order chi connectivity index (χ0) is 10.4. The Kier molecular flexibility index (Phi) is 4.62. The molecule has 1 aromatic rings. The molecule has 0 aliphatic heterocycles. The van der Waals surface area contributed by atoms with Crippen molar-refractivity contribution in [2.75, 3.05) is 18.6 Å². The molecule has 0 unspecified atom stereocenters. The predicted molar refractivity (Wildman–Crippen MR) is 59.9 cm³/mol. The van der Waals surface area contributed by atoms with Gasteiger partial charge in [-0.1, -0.05) is 6.07 Å². The standard InChI is InChI=1S/C10H15NO2S/c1-14-5-4-11-7-8-2-3-9(12)10(13)6-8/h2-3,6,11-13H,4-5,7H2,1H3. The molecule has 1 rings (SSSR count). The highest BCUT2D eigenvalue weighted by atomic mass is 32.2. The molecule has 0 saturated heterocycles. The molecule has 3 N–H and O–H groups in total. The molecule has 1 aromatic carbocycles. The first kappa shape index (κ1) is 11.2. The Hall–Kier alpha value is -0.870. The molecule has 14 heavy (non-hydrogen) atoms. The van der Waals surface area contributed by atoms with Crippen LogP contribution in [-0.2, 0) is 6.54 Å². The molecule has 78 valence electrons. The number of phenolic OH excluding ortho intramolecular Hbond substituents is 2. The van der Waals surface area contributed by atoms with E-state index in [1.54, 1.807) is 23.9 Å². The van der Waals surface area contributed by atoms with Gasteiger partial charge in [0.15, 0.2) is 11.5 Å². The third-order valence-corrected chi connectivity index (χ3v) is 2.46. The number of thioether (sulfide) groups is 1. The summed E-state index contributed by atoms with van der Waals surface area (Å²) >= 11 is 1.79. The Balaban J connectivity index is 2.39. The summed E-state index contributed by atoms with van der Waals surface area (Å²) in [4.78, 5) is 0. The minimum absolute atomic E-state index is 0.0610. The number of hydrogen-bond donors (Lipinski definition) is 3. The molecule has 0 aliphatic carbocycles. The highest BCUT2D eigenvalue weighted by molar-refractivity contribution is 7.98. The maximum Gasteiger partial charge on any atom is 0.157 e. The quantitative estimate of drug-likeness (QED) is 0.513. The lowest BCUT2D eigenvalue weighted by Gasteiger charge is -2.05. The molecule has 0 saturated carbocycles. The second-order valence-corrected chi connectivity index (χ2v) is 3.98. The topological polar surface area (TPSA) is 52.5 Å². The minimum atomic E-state index is -0.0714. The lowest BCUT2D eigenvalue weighted by atomic mass is 10.2. The Labute approximate surface area is 88.2 Å². The van der Waals surface area contributed by atoms with Gasteiger partial charge in [-0.15, -0.1) is 0 Å². The Morgan fingerprint density at radius 2 is 2.07 bits per heavy atom. The van der Waals surface area contributed by atoms with Crippen molar-refractivity contribution in [3.63, 3.8) is 0 Å². The molecule has 0 atom stereocenters. The first-order chi connectivity index (χ1) is 6.74. The van der Waals surface area contributed by atoms with Crippen molar-refractivity contribution in [3.8, 4) is 11.5 Å². The van der Waals surface area contributed by atoms with E-state index in [2.05, 4.69) is 11.6 Å². The van der Waals surface area contributed by atoms with E-state index >= 15 is 0 Å². The van der Waals surface area contributed by atoms with E-state index in [9.17, 15) is 5.11 Å². The van der Waals surface area contributed by atoms with Crippen LogP contribution in [0.1, 0.15) is 5.56 Å². The molecule has 0 fully saturated rings. The van der Waals surface area contributed by atoms with Crippen LogP contribution in [0.4, 0.5) is 0 Å². The maximum absolute atomic E-state index is 9.22. The van der Waals surface area contributed by atoms with E-state index in [1.807, 2.05) is 0 Å². The molecular weight excluding hydrogens is 198 g/mol. The molecule has 3 nitrogen and oxygen atoms in total. The number of rotatable bonds is 5. The van der Waals surface area contributed by atoms with Crippen molar-refractivity contribution < 1.29 is 10.2 Å². The number of aromatic hydroxyl groups is 2. The van der Waals surface area contributed by atoms with Crippen LogP contribution in [0.25, 0.3) is 0 Å². The van der Waals surface area contributed by atoms with Gasteiger partial charge in [0.1, 0.15) is 0 Å². The van der Waals surface area contributed by atoms with Gasteiger partial charge in [0.2, 0.25) is 0 Å². The van der Waals surface area contributed by atoms with Crippen LogP contribution >= 0.6 is 11.8 Å². The van der Waals surface area contributed by atoms with Gasteiger partial charge < -0.3 is 15.5 Å². The van der Waals surface area contributed by atoms with Crippen LogP contribution in [0.5, 0.6) is 11.5 Å². The monoisotopic (exact) mass is 213 g/mol. The third-order valence-electron chi connectivity index (χ3n) is 1.85. The summed E-state index contributed by atoms with van der Waals surface area (Å²) in [6.07, 6.45) is 2.06. The zero-order valence-corrected chi connectivity index (χ0v) is 8.97. The second kappa shape index (κ2) is 5.78.